The maximum Gasteiger partial charge on any atom is 0.306 e. The molecule has 0 bridgehead atoms. The summed E-state index contributed by atoms with van der Waals surface area (Å²) in [5.41, 5.74) is 0. The number of esters is 2. The molecule has 302 valence electrons. The lowest BCUT2D eigenvalue weighted by Crippen LogP contribution is -2.37. The van der Waals surface area contributed by atoms with Gasteiger partial charge in [0.15, 0.2) is 6.10 Å². The molecule has 0 amide bonds. The number of quaternary nitrogens is 1. The number of carbonyl (C=O) groups is 2. The van der Waals surface area contributed by atoms with Crippen molar-refractivity contribution in [1.29, 1.82) is 0 Å². The number of unbranched alkanes of at least 4 members (excludes halogenated alkanes) is 14. The van der Waals surface area contributed by atoms with E-state index in [0.29, 0.717) is 23.9 Å². The highest BCUT2D eigenvalue weighted by Gasteiger charge is 2.21. The summed E-state index contributed by atoms with van der Waals surface area (Å²) in [5.74, 6) is -0.903. The monoisotopic (exact) mass is 754 g/mol. The fraction of sp³-hybridized carbons (Fsp3) is 0.762. The van der Waals surface area contributed by atoms with E-state index in [4.69, 9.17) is 18.5 Å². The first-order chi connectivity index (χ1) is 25.0. The van der Waals surface area contributed by atoms with Gasteiger partial charge in [-0.3, -0.25) is 14.2 Å². The van der Waals surface area contributed by atoms with Gasteiger partial charge in [-0.05, 0) is 51.4 Å². The van der Waals surface area contributed by atoms with Crippen molar-refractivity contribution in [3.05, 3.63) is 48.6 Å². The van der Waals surface area contributed by atoms with Crippen molar-refractivity contribution in [2.24, 2.45) is 0 Å². The van der Waals surface area contributed by atoms with Gasteiger partial charge in [-0.1, -0.05) is 140 Å². The summed E-state index contributed by atoms with van der Waals surface area (Å²) >= 11 is 0. The van der Waals surface area contributed by atoms with Crippen LogP contribution in [0.2, 0.25) is 0 Å². The molecule has 0 spiro atoms. The Kier molecular flexibility index (Phi) is 33.4. The van der Waals surface area contributed by atoms with E-state index >= 15 is 0 Å². The molecular weight excluding hydrogens is 677 g/mol. The first-order valence-electron chi connectivity index (χ1n) is 20.3. The molecule has 0 rings (SSSR count). The number of phosphoric ester groups is 1. The number of rotatable bonds is 36. The Morgan fingerprint density at radius 2 is 1.06 bits per heavy atom. The van der Waals surface area contributed by atoms with Gasteiger partial charge in [0, 0.05) is 12.8 Å². The first kappa shape index (κ1) is 50.0. The van der Waals surface area contributed by atoms with Crippen LogP contribution in [-0.2, 0) is 32.7 Å². The Morgan fingerprint density at radius 1 is 0.596 bits per heavy atom. The standard InChI is InChI=1S/C42H76NO8P/c1-6-8-10-12-14-16-18-19-20-21-22-23-25-26-28-30-32-34-41(44)48-38-40(39-50-52(46,47)49-37-36-43(3,4)5)51-42(45)35-33-31-29-27-24-17-15-13-11-9-7-2/h14,16,19-20,22-23,26,28,40H,6-13,15,17-18,21,24-25,27,29-39H2,1-5H3/b16-14-,20-19-,23-22-,28-26-/t40-/m1/s1. The molecule has 0 aromatic carbocycles. The molecule has 0 saturated heterocycles. The molecule has 52 heavy (non-hydrogen) atoms. The van der Waals surface area contributed by atoms with Crippen molar-refractivity contribution in [3.63, 3.8) is 0 Å². The first-order valence-corrected chi connectivity index (χ1v) is 21.8. The summed E-state index contributed by atoms with van der Waals surface area (Å²) in [5, 5.41) is 0. The van der Waals surface area contributed by atoms with Crippen molar-refractivity contribution >= 4 is 19.8 Å². The Bertz CT molecular complexity index is 1030. The average molecular weight is 754 g/mol. The SMILES string of the molecule is CCCCC/C=C\C/C=C\C/C=C\C/C=C\CCCC(=O)OC[C@H](COP(=O)([O-])OCC[N+](C)(C)C)OC(=O)CCCCCCCCCCCCC. The van der Waals surface area contributed by atoms with Gasteiger partial charge in [0.05, 0.1) is 27.7 Å². The Labute approximate surface area is 318 Å². The van der Waals surface area contributed by atoms with Gasteiger partial charge in [-0.2, -0.15) is 0 Å². The second kappa shape index (κ2) is 34.7. The summed E-state index contributed by atoms with van der Waals surface area (Å²) < 4.78 is 33.7. The van der Waals surface area contributed by atoms with Crippen LogP contribution in [-0.4, -0.2) is 70.0 Å². The summed E-state index contributed by atoms with van der Waals surface area (Å²) in [6.45, 7) is 4.11. The number of allylic oxidation sites excluding steroid dienone is 8. The van der Waals surface area contributed by atoms with E-state index in [1.807, 2.05) is 27.2 Å². The summed E-state index contributed by atoms with van der Waals surface area (Å²) in [6.07, 6.45) is 38.6. The average Bonchev–Trinajstić information content (AvgIpc) is 3.09. The molecule has 0 aromatic heterocycles. The highest BCUT2D eigenvalue weighted by molar-refractivity contribution is 7.45. The summed E-state index contributed by atoms with van der Waals surface area (Å²) in [6, 6.07) is 0. The van der Waals surface area contributed by atoms with Crippen molar-refractivity contribution in [2.45, 2.75) is 161 Å². The maximum absolute atomic E-state index is 12.6. The highest BCUT2D eigenvalue weighted by Crippen LogP contribution is 2.38. The molecule has 0 N–H and O–H groups in total. The van der Waals surface area contributed by atoms with Crippen molar-refractivity contribution < 1.29 is 42.1 Å². The number of ether oxygens (including phenoxy) is 2. The Hall–Kier alpha value is -2.03. The van der Waals surface area contributed by atoms with Crippen LogP contribution in [0.5, 0.6) is 0 Å². The number of carbonyl (C=O) groups excluding carboxylic acids is 2. The number of hydrogen-bond donors (Lipinski definition) is 0. The second-order valence-electron chi connectivity index (χ2n) is 14.7. The minimum atomic E-state index is -4.63. The summed E-state index contributed by atoms with van der Waals surface area (Å²) in [4.78, 5) is 37.3. The number of phosphoric acid groups is 1. The normalized spacial score (nSPS) is 14.2. The molecule has 0 aliphatic heterocycles. The Morgan fingerprint density at radius 3 is 1.60 bits per heavy atom. The third-order valence-electron chi connectivity index (χ3n) is 8.35. The molecule has 0 aliphatic rings. The van der Waals surface area contributed by atoms with Crippen LogP contribution in [0.15, 0.2) is 48.6 Å². The highest BCUT2D eigenvalue weighted by atomic mass is 31.2. The number of hydrogen-bond acceptors (Lipinski definition) is 8. The number of nitrogens with zero attached hydrogens (tertiary/aromatic N) is 1. The second-order valence-corrected chi connectivity index (χ2v) is 16.1. The van der Waals surface area contributed by atoms with Crippen molar-refractivity contribution in [2.75, 3.05) is 47.5 Å². The molecule has 1 unspecified atom stereocenters. The van der Waals surface area contributed by atoms with Crippen LogP contribution in [0, 0.1) is 0 Å². The van der Waals surface area contributed by atoms with Gasteiger partial charge in [0.1, 0.15) is 19.8 Å². The smallest absolute Gasteiger partial charge is 0.306 e. The van der Waals surface area contributed by atoms with E-state index in [1.165, 1.54) is 70.6 Å². The van der Waals surface area contributed by atoms with E-state index in [9.17, 15) is 19.0 Å². The van der Waals surface area contributed by atoms with Gasteiger partial charge in [-0.25, -0.2) is 0 Å². The van der Waals surface area contributed by atoms with E-state index in [-0.39, 0.29) is 26.1 Å². The van der Waals surface area contributed by atoms with Gasteiger partial charge in [-0.15, -0.1) is 0 Å². The zero-order valence-corrected chi connectivity index (χ0v) is 34.6. The van der Waals surface area contributed by atoms with Gasteiger partial charge >= 0.3 is 11.9 Å². The molecular formula is C42H76NO8P. The Balaban J connectivity index is 4.49. The molecule has 0 aliphatic carbocycles. The van der Waals surface area contributed by atoms with E-state index in [1.54, 1.807) is 0 Å². The van der Waals surface area contributed by atoms with Crippen LogP contribution in [0.25, 0.3) is 0 Å². The minimum Gasteiger partial charge on any atom is -0.756 e. The molecule has 9 nitrogen and oxygen atoms in total. The van der Waals surface area contributed by atoms with E-state index in [0.717, 1.165) is 44.9 Å². The zero-order valence-electron chi connectivity index (χ0n) is 33.7. The molecule has 0 radical (unpaired) electrons. The molecule has 0 aromatic rings. The van der Waals surface area contributed by atoms with Crippen LogP contribution in [0.4, 0.5) is 0 Å². The maximum atomic E-state index is 12.6. The quantitative estimate of drug-likeness (QED) is 0.0204. The third-order valence-corrected chi connectivity index (χ3v) is 9.32. The fourth-order valence-corrected chi connectivity index (χ4v) is 5.84. The summed E-state index contributed by atoms with van der Waals surface area (Å²) in [7, 11) is 1.13. The van der Waals surface area contributed by atoms with Gasteiger partial charge in [0.25, 0.3) is 7.82 Å². The van der Waals surface area contributed by atoms with Crippen LogP contribution >= 0.6 is 7.82 Å². The lowest BCUT2D eigenvalue weighted by atomic mass is 10.1. The van der Waals surface area contributed by atoms with Crippen LogP contribution in [0.1, 0.15) is 155 Å². The number of likely N-dealkylation sites (N-methyl/N-ethyl adjacent to an activating group) is 1. The predicted octanol–water partition coefficient (Wildman–Crippen LogP) is 10.5. The zero-order chi connectivity index (χ0) is 38.6. The third kappa shape index (κ3) is 37.7. The molecule has 2 atom stereocenters. The molecule has 10 heteroatoms. The molecule has 0 saturated carbocycles. The fourth-order valence-electron chi connectivity index (χ4n) is 5.12. The largest absolute Gasteiger partial charge is 0.756 e. The molecule has 0 heterocycles. The lowest BCUT2D eigenvalue weighted by molar-refractivity contribution is -0.870. The van der Waals surface area contributed by atoms with Gasteiger partial charge in [0.2, 0.25) is 0 Å². The predicted molar refractivity (Wildman–Crippen MR) is 213 cm³/mol. The van der Waals surface area contributed by atoms with E-state index in [2.05, 4.69) is 56.4 Å². The molecule has 0 fully saturated rings. The lowest BCUT2D eigenvalue weighted by Gasteiger charge is -2.28. The van der Waals surface area contributed by atoms with Gasteiger partial charge < -0.3 is 27.9 Å². The van der Waals surface area contributed by atoms with Crippen LogP contribution in [0.3, 0.4) is 0 Å². The topological polar surface area (TPSA) is 111 Å². The van der Waals surface area contributed by atoms with Crippen LogP contribution < -0.4 is 4.89 Å². The van der Waals surface area contributed by atoms with Crippen molar-refractivity contribution in [1.82, 2.24) is 0 Å². The minimum absolute atomic E-state index is 0.0397. The van der Waals surface area contributed by atoms with E-state index < -0.39 is 32.5 Å². The van der Waals surface area contributed by atoms with Crippen molar-refractivity contribution in [3.8, 4) is 0 Å².